The fourth-order valence-corrected chi connectivity index (χ4v) is 1.98. The Bertz CT molecular complexity index is 632. The molecule has 6 heteroatoms. The van der Waals surface area contributed by atoms with Gasteiger partial charge in [0.1, 0.15) is 5.75 Å². The van der Waals surface area contributed by atoms with Gasteiger partial charge < -0.3 is 10.1 Å². The van der Waals surface area contributed by atoms with E-state index in [9.17, 15) is 10.1 Å². The molecule has 0 heterocycles. The van der Waals surface area contributed by atoms with Gasteiger partial charge in [0.15, 0.2) is 0 Å². The van der Waals surface area contributed by atoms with Crippen LogP contribution in [-0.2, 0) is 6.54 Å². The lowest BCUT2D eigenvalue weighted by molar-refractivity contribution is -0.385. The molecule has 0 aliphatic carbocycles. The predicted molar refractivity (Wildman–Crippen MR) is 78.4 cm³/mol. The molecule has 2 rings (SSSR count). The number of hydrogen-bond donors (Lipinski definition) is 1. The van der Waals surface area contributed by atoms with Crippen LogP contribution in [0, 0.1) is 10.1 Å². The van der Waals surface area contributed by atoms with Crippen LogP contribution in [0.2, 0.25) is 5.02 Å². The van der Waals surface area contributed by atoms with Crippen molar-refractivity contribution in [3.05, 3.63) is 63.2 Å². The maximum absolute atomic E-state index is 10.9. The number of nitro groups is 1. The average Bonchev–Trinajstić information content (AvgIpc) is 2.46. The van der Waals surface area contributed by atoms with Gasteiger partial charge in [-0.05, 0) is 12.1 Å². The van der Waals surface area contributed by atoms with E-state index in [1.807, 2.05) is 0 Å². The topological polar surface area (TPSA) is 64.4 Å². The van der Waals surface area contributed by atoms with Crippen LogP contribution < -0.4 is 10.1 Å². The summed E-state index contributed by atoms with van der Waals surface area (Å²) in [5.74, 6) is 0.666. The zero-order valence-electron chi connectivity index (χ0n) is 10.8. The fraction of sp³-hybridized carbons (Fsp3) is 0.143. The number of ether oxygens (including phenoxy) is 1. The summed E-state index contributed by atoms with van der Waals surface area (Å²) in [7, 11) is 1.56. The average molecular weight is 293 g/mol. The first-order valence-electron chi connectivity index (χ1n) is 5.91. The summed E-state index contributed by atoms with van der Waals surface area (Å²) in [4.78, 5) is 10.5. The van der Waals surface area contributed by atoms with Crippen molar-refractivity contribution < 1.29 is 9.66 Å². The van der Waals surface area contributed by atoms with Crippen molar-refractivity contribution in [3.63, 3.8) is 0 Å². The van der Waals surface area contributed by atoms with Crippen molar-refractivity contribution in [3.8, 4) is 5.75 Å². The van der Waals surface area contributed by atoms with Gasteiger partial charge in [-0.1, -0.05) is 29.8 Å². The molecule has 0 amide bonds. The van der Waals surface area contributed by atoms with Crippen LogP contribution in [0.1, 0.15) is 5.56 Å². The first kappa shape index (κ1) is 14.1. The summed E-state index contributed by atoms with van der Waals surface area (Å²) < 4.78 is 5.12. The number of nitrogens with one attached hydrogen (secondary N) is 1. The van der Waals surface area contributed by atoms with Crippen LogP contribution >= 0.6 is 11.6 Å². The van der Waals surface area contributed by atoms with Crippen LogP contribution in [0.15, 0.2) is 42.5 Å². The Morgan fingerprint density at radius 2 is 2.05 bits per heavy atom. The second-order valence-corrected chi connectivity index (χ2v) is 4.49. The highest BCUT2D eigenvalue weighted by molar-refractivity contribution is 6.33. The summed E-state index contributed by atoms with van der Waals surface area (Å²) in [6.45, 7) is 0.310. The van der Waals surface area contributed by atoms with Crippen molar-refractivity contribution in [1.29, 1.82) is 0 Å². The molecular formula is C14H13ClN2O3. The van der Waals surface area contributed by atoms with Crippen molar-refractivity contribution >= 4 is 23.0 Å². The zero-order valence-corrected chi connectivity index (χ0v) is 11.6. The Morgan fingerprint density at radius 1 is 1.30 bits per heavy atom. The quantitative estimate of drug-likeness (QED) is 0.671. The molecular weight excluding hydrogens is 280 g/mol. The summed E-state index contributed by atoms with van der Waals surface area (Å²) in [6.07, 6.45) is 0. The molecule has 0 radical (unpaired) electrons. The van der Waals surface area contributed by atoms with Gasteiger partial charge in [0.05, 0.1) is 22.7 Å². The van der Waals surface area contributed by atoms with Gasteiger partial charge in [0.25, 0.3) is 5.69 Å². The van der Waals surface area contributed by atoms with Gasteiger partial charge in [0, 0.05) is 24.2 Å². The number of rotatable bonds is 5. The fourth-order valence-electron chi connectivity index (χ4n) is 1.80. The van der Waals surface area contributed by atoms with Crippen LogP contribution in [0.5, 0.6) is 5.75 Å². The van der Waals surface area contributed by atoms with E-state index in [1.165, 1.54) is 6.07 Å². The first-order valence-corrected chi connectivity index (χ1v) is 6.29. The van der Waals surface area contributed by atoms with Crippen LogP contribution in [0.4, 0.5) is 11.4 Å². The molecule has 2 aromatic carbocycles. The van der Waals surface area contributed by atoms with Gasteiger partial charge in [-0.2, -0.15) is 0 Å². The second kappa shape index (κ2) is 6.25. The number of methoxy groups -OCH3 is 1. The summed E-state index contributed by atoms with van der Waals surface area (Å²) in [5, 5.41) is 14.5. The molecule has 104 valence electrons. The lowest BCUT2D eigenvalue weighted by atomic mass is 10.1. The van der Waals surface area contributed by atoms with E-state index < -0.39 is 4.92 Å². The highest BCUT2D eigenvalue weighted by Gasteiger charge is 2.12. The van der Waals surface area contributed by atoms with Crippen LogP contribution in [0.25, 0.3) is 0 Å². The number of para-hydroxylation sites is 1. The standard InChI is InChI=1S/C14H13ClN2O3/c1-20-11-6-7-12(15)13(8-11)16-9-10-4-2-3-5-14(10)17(18)19/h2-8,16H,9H2,1H3. The number of nitro benzene ring substituents is 1. The van der Waals surface area contributed by atoms with Crippen LogP contribution in [-0.4, -0.2) is 12.0 Å². The molecule has 0 aromatic heterocycles. The van der Waals surface area contributed by atoms with Gasteiger partial charge in [-0.25, -0.2) is 0 Å². The van der Waals surface area contributed by atoms with Gasteiger partial charge in [-0.15, -0.1) is 0 Å². The van der Waals surface area contributed by atoms with Gasteiger partial charge in [0.2, 0.25) is 0 Å². The molecule has 1 N–H and O–H groups in total. The normalized spacial score (nSPS) is 10.1. The monoisotopic (exact) mass is 292 g/mol. The summed E-state index contributed by atoms with van der Waals surface area (Å²) >= 11 is 6.07. The van der Waals surface area contributed by atoms with Gasteiger partial charge in [-0.3, -0.25) is 10.1 Å². The van der Waals surface area contributed by atoms with Crippen molar-refractivity contribution in [2.75, 3.05) is 12.4 Å². The minimum Gasteiger partial charge on any atom is -0.497 e. The maximum atomic E-state index is 10.9. The summed E-state index contributed by atoms with van der Waals surface area (Å²) in [5.41, 5.74) is 1.35. The van der Waals surface area contributed by atoms with Gasteiger partial charge >= 0.3 is 0 Å². The zero-order chi connectivity index (χ0) is 14.5. The number of anilines is 1. The molecule has 0 fully saturated rings. The second-order valence-electron chi connectivity index (χ2n) is 4.09. The number of benzene rings is 2. The molecule has 0 saturated carbocycles. The Labute approximate surface area is 121 Å². The molecule has 0 spiro atoms. The number of nitrogens with zero attached hydrogens (tertiary/aromatic N) is 1. The third-order valence-electron chi connectivity index (χ3n) is 2.83. The minimum atomic E-state index is -0.399. The van der Waals surface area contributed by atoms with E-state index in [4.69, 9.17) is 16.3 Å². The molecule has 2 aromatic rings. The SMILES string of the molecule is COc1ccc(Cl)c(NCc2ccccc2[N+](=O)[O-])c1. The number of halogens is 1. The highest BCUT2D eigenvalue weighted by atomic mass is 35.5. The number of hydrogen-bond acceptors (Lipinski definition) is 4. The smallest absolute Gasteiger partial charge is 0.274 e. The molecule has 0 atom stereocenters. The van der Waals surface area contributed by atoms with E-state index >= 15 is 0 Å². The molecule has 20 heavy (non-hydrogen) atoms. The molecule has 5 nitrogen and oxygen atoms in total. The molecule has 0 aliphatic rings. The van der Waals surface area contributed by atoms with E-state index in [2.05, 4.69) is 5.32 Å². The largest absolute Gasteiger partial charge is 0.497 e. The van der Waals surface area contributed by atoms with Crippen molar-refractivity contribution in [1.82, 2.24) is 0 Å². The van der Waals surface area contributed by atoms with E-state index in [1.54, 1.807) is 43.5 Å². The van der Waals surface area contributed by atoms with E-state index in [0.717, 1.165) is 0 Å². The van der Waals surface area contributed by atoms with Crippen LogP contribution in [0.3, 0.4) is 0 Å². The predicted octanol–water partition coefficient (Wildman–Crippen LogP) is 3.87. The third kappa shape index (κ3) is 3.19. The highest BCUT2D eigenvalue weighted by Crippen LogP contribution is 2.28. The lowest BCUT2D eigenvalue weighted by Gasteiger charge is -2.10. The molecule has 0 aliphatic heterocycles. The third-order valence-corrected chi connectivity index (χ3v) is 3.16. The molecule has 0 bridgehead atoms. The van der Waals surface area contributed by atoms with Crippen molar-refractivity contribution in [2.45, 2.75) is 6.54 Å². The Kier molecular flexibility index (Phi) is 4.42. The maximum Gasteiger partial charge on any atom is 0.274 e. The lowest BCUT2D eigenvalue weighted by Crippen LogP contribution is -2.03. The minimum absolute atomic E-state index is 0.0824. The Balaban J connectivity index is 2.19. The Morgan fingerprint density at radius 3 is 2.75 bits per heavy atom. The van der Waals surface area contributed by atoms with E-state index in [-0.39, 0.29) is 5.69 Å². The van der Waals surface area contributed by atoms with Crippen molar-refractivity contribution in [2.24, 2.45) is 0 Å². The first-order chi connectivity index (χ1) is 9.61. The Hall–Kier alpha value is -2.27. The van der Waals surface area contributed by atoms with E-state index in [0.29, 0.717) is 28.6 Å². The molecule has 0 unspecified atom stereocenters. The summed E-state index contributed by atoms with van der Waals surface area (Å²) in [6, 6.07) is 11.8. The molecule has 0 saturated heterocycles.